The average molecular weight is 399 g/mol. The van der Waals surface area contributed by atoms with Crippen molar-refractivity contribution in [3.8, 4) is 0 Å². The molecule has 6 heteroatoms. The van der Waals surface area contributed by atoms with Gasteiger partial charge in [0.25, 0.3) is 0 Å². The maximum absolute atomic E-state index is 5.75. The minimum atomic E-state index is -1.32. The molecule has 0 atom stereocenters. The predicted molar refractivity (Wildman–Crippen MR) is 88.9 cm³/mol. The zero-order chi connectivity index (χ0) is 13.3. The molecule has 0 aromatic heterocycles. The Morgan fingerprint density at radius 3 is 2.00 bits per heavy atom. The van der Waals surface area contributed by atoms with Gasteiger partial charge in [-0.05, 0) is 28.9 Å². The van der Waals surface area contributed by atoms with Gasteiger partial charge in [-0.15, -0.1) is 23.5 Å². The molecule has 0 N–H and O–H groups in total. The summed E-state index contributed by atoms with van der Waals surface area (Å²) in [6.45, 7) is 6.89. The minimum absolute atomic E-state index is 0.351. The first kappa shape index (κ1) is 16.8. The highest BCUT2D eigenvalue weighted by atomic mass is 79.9. The molecule has 17 heavy (non-hydrogen) atoms. The zero-order valence-electron chi connectivity index (χ0n) is 9.97. The van der Waals surface area contributed by atoms with Gasteiger partial charge in [0, 0.05) is 4.48 Å². The molecule has 0 radical (unpaired) electrons. The zero-order valence-corrected chi connectivity index (χ0v) is 15.5. The molecule has 0 unspecified atom stereocenters. The van der Waals surface area contributed by atoms with Crippen LogP contribution in [0.15, 0.2) is 10.6 Å². The Morgan fingerprint density at radius 2 is 1.65 bits per heavy atom. The monoisotopic (exact) mass is 396 g/mol. The molecular formula is C11H16BrCl3S2. The summed E-state index contributed by atoms with van der Waals surface area (Å²) in [5.74, 6) is 3.05. The third-order valence-electron chi connectivity index (χ3n) is 2.65. The van der Waals surface area contributed by atoms with Gasteiger partial charge in [-0.3, -0.25) is 0 Å². The predicted octanol–water partition coefficient (Wildman–Crippen LogP) is 6.10. The Kier molecular flexibility index (Phi) is 6.43. The van der Waals surface area contributed by atoms with E-state index in [-0.39, 0.29) is 0 Å². The third-order valence-corrected chi connectivity index (χ3v) is 7.39. The summed E-state index contributed by atoms with van der Waals surface area (Å²) in [5, 5.41) is 0. The van der Waals surface area contributed by atoms with Gasteiger partial charge in [0.2, 0.25) is 3.79 Å². The van der Waals surface area contributed by atoms with Gasteiger partial charge in [-0.2, -0.15) is 0 Å². The molecular weight excluding hydrogens is 383 g/mol. The van der Waals surface area contributed by atoms with Crippen LogP contribution in [0.1, 0.15) is 20.8 Å². The molecule has 0 amide bonds. The SMILES string of the molecule is CC(C)(C)C1CSC(/C(Br)=C\C(Cl)(Cl)Cl)SC1. The van der Waals surface area contributed by atoms with Crippen molar-refractivity contribution < 1.29 is 0 Å². The molecule has 1 aliphatic heterocycles. The largest absolute Gasteiger partial charge is 0.210 e. The van der Waals surface area contributed by atoms with Crippen LogP contribution >= 0.6 is 74.3 Å². The first-order valence-electron chi connectivity index (χ1n) is 5.28. The number of thioether (sulfide) groups is 2. The van der Waals surface area contributed by atoms with Gasteiger partial charge >= 0.3 is 0 Å². The van der Waals surface area contributed by atoms with E-state index in [1.54, 1.807) is 6.08 Å². The van der Waals surface area contributed by atoms with Gasteiger partial charge in [-0.1, -0.05) is 71.5 Å². The standard InChI is InChI=1S/C11H16BrCl3S2/c1-10(2,3)7-5-16-9(17-6-7)8(12)4-11(13,14)15/h4,7,9H,5-6H2,1-3H3/b8-4+. The van der Waals surface area contributed by atoms with Gasteiger partial charge in [0.05, 0.1) is 4.58 Å². The molecule has 1 rings (SSSR count). The number of hydrogen-bond donors (Lipinski definition) is 0. The molecule has 0 nitrogen and oxygen atoms in total. The van der Waals surface area contributed by atoms with Crippen molar-refractivity contribution >= 4 is 74.3 Å². The first-order chi connectivity index (χ1) is 7.59. The van der Waals surface area contributed by atoms with E-state index in [1.165, 1.54) is 0 Å². The van der Waals surface area contributed by atoms with E-state index in [0.29, 0.717) is 10.00 Å². The molecule has 1 saturated heterocycles. The highest BCUT2D eigenvalue weighted by Crippen LogP contribution is 2.46. The number of allylic oxidation sites excluding steroid dienone is 1. The fourth-order valence-corrected chi connectivity index (χ4v) is 6.78. The van der Waals surface area contributed by atoms with Crippen molar-refractivity contribution in [2.24, 2.45) is 11.3 Å². The van der Waals surface area contributed by atoms with Crippen LogP contribution in [-0.2, 0) is 0 Å². The Labute approximate surface area is 136 Å². The van der Waals surface area contributed by atoms with Crippen molar-refractivity contribution in [1.82, 2.24) is 0 Å². The maximum Gasteiger partial charge on any atom is 0.210 e. The second-order valence-corrected chi connectivity index (χ2v) is 11.0. The maximum atomic E-state index is 5.75. The van der Waals surface area contributed by atoms with Gasteiger partial charge in [-0.25, -0.2) is 0 Å². The highest BCUT2D eigenvalue weighted by molar-refractivity contribution is 9.12. The average Bonchev–Trinajstić information content (AvgIpc) is 2.14. The highest BCUT2D eigenvalue weighted by Gasteiger charge is 2.32. The lowest BCUT2D eigenvalue weighted by atomic mass is 9.83. The van der Waals surface area contributed by atoms with Crippen LogP contribution in [0.4, 0.5) is 0 Å². The van der Waals surface area contributed by atoms with Crippen LogP contribution in [0.2, 0.25) is 0 Å². The van der Waals surface area contributed by atoms with Gasteiger partial charge in [0.1, 0.15) is 0 Å². The van der Waals surface area contributed by atoms with Crippen LogP contribution in [-0.4, -0.2) is 19.9 Å². The van der Waals surface area contributed by atoms with Crippen molar-refractivity contribution in [2.75, 3.05) is 11.5 Å². The molecule has 0 aliphatic carbocycles. The van der Waals surface area contributed by atoms with E-state index in [0.717, 1.165) is 21.9 Å². The molecule has 100 valence electrons. The third kappa shape index (κ3) is 6.18. The summed E-state index contributed by atoms with van der Waals surface area (Å²) < 4.78 is 0.00460. The van der Waals surface area contributed by atoms with Crippen molar-refractivity contribution in [3.05, 3.63) is 10.6 Å². The van der Waals surface area contributed by atoms with E-state index < -0.39 is 3.79 Å². The molecule has 0 aromatic rings. The number of hydrogen-bond acceptors (Lipinski definition) is 2. The lowest BCUT2D eigenvalue weighted by Gasteiger charge is -2.36. The van der Waals surface area contributed by atoms with Gasteiger partial charge < -0.3 is 0 Å². The first-order valence-corrected chi connectivity index (χ1v) is 9.30. The van der Waals surface area contributed by atoms with Crippen LogP contribution in [0.5, 0.6) is 0 Å². The molecule has 0 aromatic carbocycles. The van der Waals surface area contributed by atoms with Crippen LogP contribution in [0.3, 0.4) is 0 Å². The van der Waals surface area contributed by atoms with Crippen LogP contribution in [0.25, 0.3) is 0 Å². The number of rotatable bonds is 1. The van der Waals surface area contributed by atoms with Crippen molar-refractivity contribution in [2.45, 2.75) is 29.1 Å². The Hall–Kier alpha value is 1.79. The lowest BCUT2D eigenvalue weighted by Crippen LogP contribution is -2.29. The molecule has 0 bridgehead atoms. The summed E-state index contributed by atoms with van der Waals surface area (Å²) in [5.41, 5.74) is 0.371. The molecule has 1 fully saturated rings. The van der Waals surface area contributed by atoms with E-state index in [1.807, 2.05) is 23.5 Å². The summed E-state index contributed by atoms with van der Waals surface area (Å²) >= 11 is 24.6. The summed E-state index contributed by atoms with van der Waals surface area (Å²) in [4.78, 5) is 0. The van der Waals surface area contributed by atoms with Crippen molar-refractivity contribution in [3.63, 3.8) is 0 Å². The Bertz CT molecular complexity index is 286. The normalized spacial score (nSPS) is 28.3. The summed E-state index contributed by atoms with van der Waals surface area (Å²) in [6, 6.07) is 0. The fraction of sp³-hybridized carbons (Fsp3) is 0.818. The van der Waals surface area contributed by atoms with Crippen LogP contribution in [0, 0.1) is 11.3 Å². The summed E-state index contributed by atoms with van der Waals surface area (Å²) in [6.07, 6.45) is 1.65. The second kappa shape index (κ2) is 6.49. The smallest absolute Gasteiger partial charge is 0.142 e. The Morgan fingerprint density at radius 1 is 1.18 bits per heavy atom. The van der Waals surface area contributed by atoms with Crippen LogP contribution < -0.4 is 0 Å². The quantitative estimate of drug-likeness (QED) is 0.489. The molecule has 0 spiro atoms. The second-order valence-electron chi connectivity index (χ2n) is 5.13. The number of halogens is 4. The van der Waals surface area contributed by atoms with Gasteiger partial charge in [0.15, 0.2) is 0 Å². The Balaban J connectivity index is 2.56. The van der Waals surface area contributed by atoms with E-state index in [9.17, 15) is 0 Å². The minimum Gasteiger partial charge on any atom is -0.142 e. The van der Waals surface area contributed by atoms with Crippen molar-refractivity contribution in [1.29, 1.82) is 0 Å². The molecule has 1 aliphatic rings. The lowest BCUT2D eigenvalue weighted by molar-refractivity contribution is 0.293. The van der Waals surface area contributed by atoms with E-state index >= 15 is 0 Å². The molecule has 0 saturated carbocycles. The van der Waals surface area contributed by atoms with E-state index in [4.69, 9.17) is 34.8 Å². The number of alkyl halides is 3. The topological polar surface area (TPSA) is 0 Å². The fourth-order valence-electron chi connectivity index (χ4n) is 1.39. The molecule has 1 heterocycles. The van der Waals surface area contributed by atoms with E-state index in [2.05, 4.69) is 36.7 Å². The summed E-state index contributed by atoms with van der Waals surface area (Å²) in [7, 11) is 0.